The van der Waals surface area contributed by atoms with Crippen LogP contribution < -0.4 is 10.2 Å². The highest BCUT2D eigenvalue weighted by Crippen LogP contribution is 2.31. The minimum Gasteiger partial charge on any atom is -0.376 e. The predicted molar refractivity (Wildman–Crippen MR) is 102 cm³/mol. The lowest BCUT2D eigenvalue weighted by molar-refractivity contribution is -0.122. The van der Waals surface area contributed by atoms with Crippen LogP contribution in [0.2, 0.25) is 0 Å². The van der Waals surface area contributed by atoms with Crippen molar-refractivity contribution in [1.29, 1.82) is 0 Å². The van der Waals surface area contributed by atoms with Gasteiger partial charge in [0.15, 0.2) is 0 Å². The molecule has 2 aliphatic heterocycles. The van der Waals surface area contributed by atoms with Crippen molar-refractivity contribution in [2.45, 2.75) is 18.9 Å². The van der Waals surface area contributed by atoms with Gasteiger partial charge in [0.25, 0.3) is 0 Å². The van der Waals surface area contributed by atoms with E-state index in [1.165, 1.54) is 15.8 Å². The van der Waals surface area contributed by atoms with Crippen molar-refractivity contribution in [2.75, 3.05) is 50.8 Å². The first-order valence-electron chi connectivity index (χ1n) is 9.11. The predicted octanol–water partition coefficient (Wildman–Crippen LogP) is 2.32. The summed E-state index contributed by atoms with van der Waals surface area (Å²) in [5.74, 6) is 0.115. The Morgan fingerprint density at radius 1 is 1.24 bits per heavy atom. The lowest BCUT2D eigenvalue weighted by Crippen LogP contribution is -2.50. The molecule has 0 bridgehead atoms. The summed E-state index contributed by atoms with van der Waals surface area (Å²) in [6.07, 6.45) is 2.39. The average molecular weight is 359 g/mol. The summed E-state index contributed by atoms with van der Waals surface area (Å²) < 4.78 is 6.89. The Morgan fingerprint density at radius 2 is 2.12 bits per heavy atom. The number of nitrogens with zero attached hydrogens (tertiary/aromatic N) is 2. The number of thiophene rings is 1. The number of amides is 1. The molecule has 0 radical (unpaired) electrons. The molecule has 0 saturated carbocycles. The summed E-state index contributed by atoms with van der Waals surface area (Å²) >= 11 is 1.79. The smallest absolute Gasteiger partial charge is 0.234 e. The lowest BCUT2D eigenvalue weighted by Gasteiger charge is -2.36. The average Bonchev–Trinajstić information content (AvgIpc) is 3.32. The Balaban J connectivity index is 1.26. The Kier molecular flexibility index (Phi) is 5.20. The van der Waals surface area contributed by atoms with E-state index in [1.54, 1.807) is 11.3 Å². The summed E-state index contributed by atoms with van der Waals surface area (Å²) in [5, 5.41) is 6.52. The van der Waals surface area contributed by atoms with Crippen LogP contribution in [0, 0.1) is 0 Å². The molecule has 1 amide bonds. The number of hydrogen-bond donors (Lipinski definition) is 1. The second-order valence-electron chi connectivity index (χ2n) is 6.81. The molecular weight excluding hydrogens is 334 g/mol. The maximum absolute atomic E-state index is 12.1. The molecule has 1 aromatic heterocycles. The molecule has 4 rings (SSSR count). The van der Waals surface area contributed by atoms with Crippen LogP contribution in [0.4, 0.5) is 5.69 Å². The molecule has 6 heteroatoms. The fourth-order valence-corrected chi connectivity index (χ4v) is 4.50. The largest absolute Gasteiger partial charge is 0.376 e. The highest BCUT2D eigenvalue weighted by molar-refractivity contribution is 7.17. The van der Waals surface area contributed by atoms with Gasteiger partial charge in [-0.25, -0.2) is 0 Å². The van der Waals surface area contributed by atoms with Gasteiger partial charge in [-0.3, -0.25) is 9.69 Å². The zero-order valence-electron chi connectivity index (χ0n) is 14.4. The van der Waals surface area contributed by atoms with Crippen molar-refractivity contribution in [3.8, 4) is 0 Å². The molecule has 0 spiro atoms. The fraction of sp³-hybridized carbons (Fsp3) is 0.526. The Hall–Kier alpha value is -1.63. The van der Waals surface area contributed by atoms with Crippen LogP contribution in [0.25, 0.3) is 10.1 Å². The molecular formula is C19H25N3O2S. The second kappa shape index (κ2) is 7.72. The maximum Gasteiger partial charge on any atom is 0.234 e. The number of benzene rings is 1. The van der Waals surface area contributed by atoms with Gasteiger partial charge >= 0.3 is 0 Å². The number of carbonyl (C=O) groups excluding carboxylic acids is 1. The summed E-state index contributed by atoms with van der Waals surface area (Å²) in [6.45, 7) is 5.76. The van der Waals surface area contributed by atoms with Crippen molar-refractivity contribution in [3.63, 3.8) is 0 Å². The summed E-state index contributed by atoms with van der Waals surface area (Å²) in [7, 11) is 0. The molecule has 2 fully saturated rings. The number of piperazine rings is 1. The van der Waals surface area contributed by atoms with Gasteiger partial charge in [0, 0.05) is 55.1 Å². The summed E-state index contributed by atoms with van der Waals surface area (Å²) in [5.41, 5.74) is 1.32. The molecule has 0 aliphatic carbocycles. The zero-order chi connectivity index (χ0) is 17.1. The number of hydrogen-bond acceptors (Lipinski definition) is 5. The van der Waals surface area contributed by atoms with E-state index in [1.807, 2.05) is 0 Å². The van der Waals surface area contributed by atoms with Gasteiger partial charge in [-0.05, 0) is 36.4 Å². The van der Waals surface area contributed by atoms with Crippen molar-refractivity contribution in [1.82, 2.24) is 10.2 Å². The minimum absolute atomic E-state index is 0.115. The quantitative estimate of drug-likeness (QED) is 0.890. The normalized spacial score (nSPS) is 21.8. The Bertz CT molecular complexity index is 718. The monoisotopic (exact) mass is 359 g/mol. The number of rotatable bonds is 5. The van der Waals surface area contributed by atoms with E-state index in [9.17, 15) is 4.79 Å². The molecule has 1 N–H and O–H groups in total. The maximum atomic E-state index is 12.1. The highest BCUT2D eigenvalue weighted by atomic mass is 32.1. The summed E-state index contributed by atoms with van der Waals surface area (Å²) in [6, 6.07) is 8.73. The second-order valence-corrected chi connectivity index (χ2v) is 7.76. The van der Waals surface area contributed by atoms with E-state index < -0.39 is 0 Å². The van der Waals surface area contributed by atoms with E-state index in [0.717, 1.165) is 45.6 Å². The third kappa shape index (κ3) is 3.97. The molecule has 2 aromatic rings. The number of fused-ring (bicyclic) bond motifs is 1. The van der Waals surface area contributed by atoms with Crippen molar-refractivity contribution < 1.29 is 9.53 Å². The van der Waals surface area contributed by atoms with Crippen LogP contribution >= 0.6 is 11.3 Å². The molecule has 1 aromatic carbocycles. The molecule has 134 valence electrons. The van der Waals surface area contributed by atoms with E-state index in [4.69, 9.17) is 4.74 Å². The van der Waals surface area contributed by atoms with Gasteiger partial charge in [-0.1, -0.05) is 6.07 Å². The number of anilines is 1. The first-order chi connectivity index (χ1) is 12.3. The highest BCUT2D eigenvalue weighted by Gasteiger charge is 2.21. The minimum atomic E-state index is 0.115. The molecule has 1 atom stereocenters. The standard InChI is InChI=1S/C19H25N3O2S/c23-19(20-13-15-3-2-11-24-15)14-21-7-9-22(10-8-21)17-4-1-5-18-16(17)6-12-25-18/h1,4-6,12,15H,2-3,7-11,13-14H2,(H,20,23). The van der Waals surface area contributed by atoms with Crippen LogP contribution in [0.15, 0.2) is 29.6 Å². The van der Waals surface area contributed by atoms with Gasteiger partial charge in [0.05, 0.1) is 12.6 Å². The van der Waals surface area contributed by atoms with Crippen molar-refractivity contribution in [3.05, 3.63) is 29.6 Å². The fourth-order valence-electron chi connectivity index (χ4n) is 3.69. The Morgan fingerprint density at radius 3 is 2.92 bits per heavy atom. The van der Waals surface area contributed by atoms with E-state index in [-0.39, 0.29) is 12.0 Å². The molecule has 1 unspecified atom stereocenters. The van der Waals surface area contributed by atoms with Gasteiger partial charge < -0.3 is 15.0 Å². The Labute approximate surface area is 152 Å². The van der Waals surface area contributed by atoms with Crippen molar-refractivity contribution >= 4 is 33.0 Å². The molecule has 2 aliphatic rings. The van der Waals surface area contributed by atoms with E-state index in [0.29, 0.717) is 13.1 Å². The topological polar surface area (TPSA) is 44.8 Å². The molecule has 2 saturated heterocycles. The molecule has 25 heavy (non-hydrogen) atoms. The number of nitrogens with one attached hydrogen (secondary N) is 1. The van der Waals surface area contributed by atoms with Gasteiger partial charge in [0.2, 0.25) is 5.91 Å². The van der Waals surface area contributed by atoms with Crippen LogP contribution in [0.5, 0.6) is 0 Å². The van der Waals surface area contributed by atoms with Gasteiger partial charge in [-0.15, -0.1) is 11.3 Å². The summed E-state index contributed by atoms with van der Waals surface area (Å²) in [4.78, 5) is 16.8. The zero-order valence-corrected chi connectivity index (χ0v) is 15.3. The van der Waals surface area contributed by atoms with Crippen molar-refractivity contribution in [2.24, 2.45) is 0 Å². The van der Waals surface area contributed by atoms with Crippen LogP contribution in [0.3, 0.4) is 0 Å². The van der Waals surface area contributed by atoms with Crippen LogP contribution in [-0.2, 0) is 9.53 Å². The first kappa shape index (κ1) is 16.8. The molecule has 3 heterocycles. The lowest BCUT2D eigenvalue weighted by atomic mass is 10.2. The van der Waals surface area contributed by atoms with E-state index >= 15 is 0 Å². The number of ether oxygens (including phenoxy) is 1. The van der Waals surface area contributed by atoms with Gasteiger partial charge in [-0.2, -0.15) is 0 Å². The third-order valence-electron chi connectivity index (χ3n) is 5.10. The first-order valence-corrected chi connectivity index (χ1v) is 9.99. The third-order valence-corrected chi connectivity index (χ3v) is 5.99. The van der Waals surface area contributed by atoms with E-state index in [2.05, 4.69) is 44.8 Å². The molecule has 5 nitrogen and oxygen atoms in total. The van der Waals surface area contributed by atoms with Crippen LogP contribution in [-0.4, -0.2) is 62.8 Å². The van der Waals surface area contributed by atoms with Gasteiger partial charge in [0.1, 0.15) is 0 Å². The SMILES string of the molecule is O=C(CN1CCN(c2cccc3sccc23)CC1)NCC1CCCO1. The number of carbonyl (C=O) groups is 1. The van der Waals surface area contributed by atoms with Crippen LogP contribution in [0.1, 0.15) is 12.8 Å².